The zero-order valence-electron chi connectivity index (χ0n) is 5.57. The maximum atomic E-state index is 8.56. The van der Waals surface area contributed by atoms with Crippen LogP contribution in [0.2, 0.25) is 0 Å². The molecular formula is C8H10O2. The molecule has 0 atom stereocenters. The summed E-state index contributed by atoms with van der Waals surface area (Å²) in [6, 6.07) is 9.36. The van der Waals surface area contributed by atoms with Gasteiger partial charge in [-0.05, 0) is 5.56 Å². The first-order valence-electron chi connectivity index (χ1n) is 3.19. The van der Waals surface area contributed by atoms with E-state index in [1.54, 1.807) is 0 Å². The number of aliphatic hydroxyl groups excluding tert-OH is 1. The molecule has 0 unspecified atom stereocenters. The molecule has 1 rings (SSSR count). The minimum atomic E-state index is -1.23. The highest BCUT2D eigenvalue weighted by Gasteiger charge is 1.97. The van der Waals surface area contributed by atoms with E-state index in [4.69, 9.17) is 10.2 Å². The second kappa shape index (κ2) is 3.34. The van der Waals surface area contributed by atoms with E-state index in [9.17, 15) is 0 Å². The highest BCUT2D eigenvalue weighted by molar-refractivity contribution is 5.14. The Labute approximate surface area is 59.7 Å². The van der Waals surface area contributed by atoms with Crippen molar-refractivity contribution in [2.45, 2.75) is 12.7 Å². The molecule has 0 saturated carbocycles. The molecule has 1 aromatic carbocycles. The van der Waals surface area contributed by atoms with E-state index in [0.717, 1.165) is 5.56 Å². The van der Waals surface area contributed by atoms with Crippen LogP contribution in [0, 0.1) is 0 Å². The first-order valence-corrected chi connectivity index (χ1v) is 3.19. The van der Waals surface area contributed by atoms with E-state index in [-0.39, 0.29) is 0 Å². The van der Waals surface area contributed by atoms with Crippen molar-refractivity contribution in [2.75, 3.05) is 0 Å². The fourth-order valence-electron chi connectivity index (χ4n) is 0.825. The van der Waals surface area contributed by atoms with Crippen molar-refractivity contribution in [3.05, 3.63) is 35.9 Å². The van der Waals surface area contributed by atoms with E-state index in [1.807, 2.05) is 30.3 Å². The van der Waals surface area contributed by atoms with Crippen molar-refractivity contribution in [3.8, 4) is 0 Å². The third-order valence-corrected chi connectivity index (χ3v) is 1.26. The normalized spacial score (nSPS) is 10.3. The summed E-state index contributed by atoms with van der Waals surface area (Å²) in [5.74, 6) is 0. The summed E-state index contributed by atoms with van der Waals surface area (Å²) in [7, 11) is 0. The molecule has 54 valence electrons. The average molecular weight is 138 g/mol. The monoisotopic (exact) mass is 138 g/mol. The van der Waals surface area contributed by atoms with Crippen LogP contribution >= 0.6 is 0 Å². The maximum absolute atomic E-state index is 8.56. The summed E-state index contributed by atoms with van der Waals surface area (Å²) in [6.07, 6.45) is -0.928. The topological polar surface area (TPSA) is 40.5 Å². The van der Waals surface area contributed by atoms with E-state index >= 15 is 0 Å². The molecule has 0 amide bonds. The Bertz CT molecular complexity index is 182. The minimum Gasteiger partial charge on any atom is -0.368 e. The zero-order valence-corrected chi connectivity index (χ0v) is 5.57. The molecule has 0 fully saturated rings. The molecule has 2 nitrogen and oxygen atoms in total. The summed E-state index contributed by atoms with van der Waals surface area (Å²) >= 11 is 0. The third kappa shape index (κ3) is 2.17. The van der Waals surface area contributed by atoms with Crippen molar-refractivity contribution in [1.29, 1.82) is 0 Å². The molecule has 10 heavy (non-hydrogen) atoms. The molecule has 0 spiro atoms. The Morgan fingerprint density at radius 2 is 1.70 bits per heavy atom. The molecule has 0 aliphatic heterocycles. The number of rotatable bonds is 2. The van der Waals surface area contributed by atoms with Gasteiger partial charge in [0.05, 0.1) is 0 Å². The van der Waals surface area contributed by atoms with Gasteiger partial charge < -0.3 is 10.2 Å². The van der Waals surface area contributed by atoms with Crippen molar-refractivity contribution >= 4 is 0 Å². The highest BCUT2D eigenvalue weighted by Crippen LogP contribution is 2.00. The number of benzene rings is 1. The molecule has 0 aromatic heterocycles. The number of hydrogen-bond acceptors (Lipinski definition) is 2. The average Bonchev–Trinajstić information content (AvgIpc) is 1.88. The Balaban J connectivity index is 2.59. The van der Waals surface area contributed by atoms with E-state index in [2.05, 4.69) is 0 Å². The Kier molecular flexibility index (Phi) is 2.42. The lowest BCUT2D eigenvalue weighted by atomic mass is 10.1. The largest absolute Gasteiger partial charge is 0.368 e. The van der Waals surface area contributed by atoms with Crippen LogP contribution in [-0.2, 0) is 6.42 Å². The highest BCUT2D eigenvalue weighted by atomic mass is 16.5. The van der Waals surface area contributed by atoms with Gasteiger partial charge in [0.1, 0.15) is 0 Å². The summed E-state index contributed by atoms with van der Waals surface area (Å²) in [4.78, 5) is 0. The summed E-state index contributed by atoms with van der Waals surface area (Å²) in [6.45, 7) is 0. The lowest BCUT2D eigenvalue weighted by molar-refractivity contribution is -0.0381. The predicted molar refractivity (Wildman–Crippen MR) is 38.4 cm³/mol. The van der Waals surface area contributed by atoms with Gasteiger partial charge in [-0.1, -0.05) is 30.3 Å². The predicted octanol–water partition coefficient (Wildman–Crippen LogP) is 0.540. The quantitative estimate of drug-likeness (QED) is 0.585. The standard InChI is InChI=1S/C8H10O2/c9-8(10)6-7-4-2-1-3-5-7/h1-5,8-10H,6H2. The first kappa shape index (κ1) is 7.25. The van der Waals surface area contributed by atoms with Crippen LogP contribution in [0.5, 0.6) is 0 Å². The molecule has 0 aliphatic carbocycles. The van der Waals surface area contributed by atoms with Crippen LogP contribution in [0.25, 0.3) is 0 Å². The lowest BCUT2D eigenvalue weighted by Gasteiger charge is -2.01. The van der Waals surface area contributed by atoms with E-state index < -0.39 is 6.29 Å². The van der Waals surface area contributed by atoms with Gasteiger partial charge >= 0.3 is 0 Å². The fraction of sp³-hybridized carbons (Fsp3) is 0.250. The molecule has 0 saturated heterocycles. The first-order chi connectivity index (χ1) is 4.79. The third-order valence-electron chi connectivity index (χ3n) is 1.26. The van der Waals surface area contributed by atoms with Crippen LogP contribution in [0.4, 0.5) is 0 Å². The van der Waals surface area contributed by atoms with Gasteiger partial charge in [0.25, 0.3) is 0 Å². The van der Waals surface area contributed by atoms with Gasteiger partial charge in [0.15, 0.2) is 6.29 Å². The Morgan fingerprint density at radius 3 is 2.20 bits per heavy atom. The molecule has 0 aliphatic rings. The van der Waals surface area contributed by atoms with Crippen LogP contribution in [0.1, 0.15) is 5.56 Å². The fourth-order valence-corrected chi connectivity index (χ4v) is 0.825. The zero-order chi connectivity index (χ0) is 7.40. The molecule has 2 heteroatoms. The molecular weight excluding hydrogens is 128 g/mol. The summed E-state index contributed by atoms with van der Waals surface area (Å²) in [5.41, 5.74) is 0.942. The summed E-state index contributed by atoms with van der Waals surface area (Å²) in [5, 5.41) is 17.1. The van der Waals surface area contributed by atoms with E-state index in [1.165, 1.54) is 0 Å². The SMILES string of the molecule is OC(O)Cc1ccccc1. The van der Waals surface area contributed by atoms with Crippen molar-refractivity contribution in [2.24, 2.45) is 0 Å². The summed E-state index contributed by atoms with van der Waals surface area (Å²) < 4.78 is 0. The molecule has 0 bridgehead atoms. The van der Waals surface area contributed by atoms with Crippen molar-refractivity contribution in [3.63, 3.8) is 0 Å². The molecule has 0 radical (unpaired) electrons. The Hall–Kier alpha value is -0.860. The van der Waals surface area contributed by atoms with Crippen LogP contribution < -0.4 is 0 Å². The second-order valence-corrected chi connectivity index (χ2v) is 2.17. The second-order valence-electron chi connectivity index (χ2n) is 2.17. The number of hydrogen-bond donors (Lipinski definition) is 2. The molecule has 1 aromatic rings. The van der Waals surface area contributed by atoms with Crippen molar-refractivity contribution in [1.82, 2.24) is 0 Å². The van der Waals surface area contributed by atoms with Gasteiger partial charge in [-0.2, -0.15) is 0 Å². The van der Waals surface area contributed by atoms with Gasteiger partial charge in [0, 0.05) is 6.42 Å². The minimum absolute atomic E-state index is 0.306. The number of aliphatic hydroxyl groups is 2. The molecule has 0 heterocycles. The van der Waals surface area contributed by atoms with Gasteiger partial charge in [0.2, 0.25) is 0 Å². The van der Waals surface area contributed by atoms with Gasteiger partial charge in [-0.25, -0.2) is 0 Å². The smallest absolute Gasteiger partial charge is 0.155 e. The van der Waals surface area contributed by atoms with Crippen LogP contribution in [0.3, 0.4) is 0 Å². The van der Waals surface area contributed by atoms with Crippen LogP contribution in [-0.4, -0.2) is 16.5 Å². The molecule has 2 N–H and O–H groups in total. The Morgan fingerprint density at radius 1 is 1.10 bits per heavy atom. The van der Waals surface area contributed by atoms with E-state index in [0.29, 0.717) is 6.42 Å². The van der Waals surface area contributed by atoms with Crippen LogP contribution in [0.15, 0.2) is 30.3 Å². The van der Waals surface area contributed by atoms with Gasteiger partial charge in [-0.3, -0.25) is 0 Å². The van der Waals surface area contributed by atoms with Crippen molar-refractivity contribution < 1.29 is 10.2 Å². The lowest BCUT2D eigenvalue weighted by Crippen LogP contribution is -2.07. The maximum Gasteiger partial charge on any atom is 0.155 e. The van der Waals surface area contributed by atoms with Gasteiger partial charge in [-0.15, -0.1) is 0 Å².